The number of rotatable bonds is 4. The molecule has 0 spiro atoms. The first-order valence-electron chi connectivity index (χ1n) is 6.02. The van der Waals surface area contributed by atoms with Crippen LogP contribution < -0.4 is 5.73 Å². The van der Waals surface area contributed by atoms with Gasteiger partial charge in [0.15, 0.2) is 5.82 Å². The number of aryl methyl sites for hydroxylation is 1. The van der Waals surface area contributed by atoms with Crippen LogP contribution in [0.2, 0.25) is 0 Å². The molecule has 0 unspecified atom stereocenters. The van der Waals surface area contributed by atoms with E-state index in [1.165, 1.54) is 11.3 Å². The Labute approximate surface area is 101 Å². The summed E-state index contributed by atoms with van der Waals surface area (Å²) in [4.78, 5) is 4.34. The molecule has 0 atom stereocenters. The van der Waals surface area contributed by atoms with E-state index in [2.05, 4.69) is 23.9 Å². The first kappa shape index (κ1) is 11.8. The molecule has 2 aromatic heterocycles. The zero-order valence-electron chi connectivity index (χ0n) is 10.3. The van der Waals surface area contributed by atoms with Crippen molar-refractivity contribution in [1.29, 1.82) is 0 Å². The minimum Gasteiger partial charge on any atom is -0.326 e. The van der Waals surface area contributed by atoms with Crippen LogP contribution in [0.15, 0.2) is 24.4 Å². The fourth-order valence-electron chi connectivity index (χ4n) is 2.09. The van der Waals surface area contributed by atoms with E-state index in [0.717, 1.165) is 24.4 Å². The summed E-state index contributed by atoms with van der Waals surface area (Å²) >= 11 is 0. The largest absolute Gasteiger partial charge is 0.326 e. The minimum atomic E-state index is 0.541. The van der Waals surface area contributed by atoms with Crippen LogP contribution in [0.5, 0.6) is 0 Å². The van der Waals surface area contributed by atoms with Gasteiger partial charge in [0, 0.05) is 18.3 Å². The standard InChI is InChI=1S/C13H18N4/c1-3-11-10(9-14)12(4-2)17(16-11)13-7-5-6-8-15-13/h5-8H,3-4,9,14H2,1-2H3. The molecule has 90 valence electrons. The molecule has 0 aliphatic rings. The predicted molar refractivity (Wildman–Crippen MR) is 68.0 cm³/mol. The van der Waals surface area contributed by atoms with Crippen LogP contribution in [0.4, 0.5) is 0 Å². The Morgan fingerprint density at radius 1 is 1.24 bits per heavy atom. The smallest absolute Gasteiger partial charge is 0.153 e. The maximum Gasteiger partial charge on any atom is 0.153 e. The van der Waals surface area contributed by atoms with E-state index in [1.807, 2.05) is 22.9 Å². The van der Waals surface area contributed by atoms with Gasteiger partial charge in [0.25, 0.3) is 0 Å². The summed E-state index contributed by atoms with van der Waals surface area (Å²) in [7, 11) is 0. The Morgan fingerprint density at radius 3 is 2.59 bits per heavy atom. The molecule has 0 saturated carbocycles. The first-order valence-corrected chi connectivity index (χ1v) is 6.02. The third-order valence-corrected chi connectivity index (χ3v) is 2.91. The number of nitrogens with zero attached hydrogens (tertiary/aromatic N) is 3. The van der Waals surface area contributed by atoms with Crippen molar-refractivity contribution in [2.75, 3.05) is 0 Å². The number of nitrogens with two attached hydrogens (primary N) is 1. The van der Waals surface area contributed by atoms with Crippen molar-refractivity contribution >= 4 is 0 Å². The highest BCUT2D eigenvalue weighted by molar-refractivity contribution is 5.33. The SMILES string of the molecule is CCc1nn(-c2ccccn2)c(CC)c1CN. The molecule has 2 N–H and O–H groups in total. The maximum absolute atomic E-state index is 5.82. The van der Waals surface area contributed by atoms with Gasteiger partial charge in [0.05, 0.1) is 11.4 Å². The van der Waals surface area contributed by atoms with Gasteiger partial charge in [0.1, 0.15) is 0 Å². The first-order chi connectivity index (χ1) is 8.31. The molecule has 0 aliphatic heterocycles. The van der Waals surface area contributed by atoms with E-state index in [4.69, 9.17) is 5.73 Å². The number of hydrogen-bond donors (Lipinski definition) is 1. The molecule has 0 aliphatic carbocycles. The molecule has 0 saturated heterocycles. The third kappa shape index (κ3) is 2.08. The van der Waals surface area contributed by atoms with E-state index in [1.54, 1.807) is 6.20 Å². The monoisotopic (exact) mass is 230 g/mol. The summed E-state index contributed by atoms with van der Waals surface area (Å²) < 4.78 is 1.92. The van der Waals surface area contributed by atoms with Crippen molar-refractivity contribution in [2.45, 2.75) is 33.2 Å². The highest BCUT2D eigenvalue weighted by Gasteiger charge is 2.15. The predicted octanol–water partition coefficient (Wildman–Crippen LogP) is 1.85. The Hall–Kier alpha value is -1.68. The average Bonchev–Trinajstić information content (AvgIpc) is 2.77. The maximum atomic E-state index is 5.82. The molecule has 0 bridgehead atoms. The summed E-state index contributed by atoms with van der Waals surface area (Å²) in [6.45, 7) is 4.76. The molecule has 0 radical (unpaired) electrons. The van der Waals surface area contributed by atoms with Crippen LogP contribution in [0, 0.1) is 0 Å². The lowest BCUT2D eigenvalue weighted by molar-refractivity contribution is 0.771. The Bertz CT molecular complexity index is 488. The Kier molecular flexibility index (Phi) is 3.54. The van der Waals surface area contributed by atoms with Gasteiger partial charge in [-0.15, -0.1) is 0 Å². The minimum absolute atomic E-state index is 0.541. The molecule has 0 fully saturated rings. The molecule has 2 rings (SSSR count). The lowest BCUT2D eigenvalue weighted by Crippen LogP contribution is -2.06. The highest BCUT2D eigenvalue weighted by Crippen LogP contribution is 2.18. The van der Waals surface area contributed by atoms with Crippen molar-refractivity contribution in [1.82, 2.24) is 14.8 Å². The van der Waals surface area contributed by atoms with Gasteiger partial charge in [-0.25, -0.2) is 9.67 Å². The number of pyridine rings is 1. The second-order valence-electron chi connectivity index (χ2n) is 3.88. The van der Waals surface area contributed by atoms with Crippen LogP contribution in [0.3, 0.4) is 0 Å². The van der Waals surface area contributed by atoms with Crippen LogP contribution in [0.1, 0.15) is 30.8 Å². The second kappa shape index (κ2) is 5.10. The van der Waals surface area contributed by atoms with Crippen LogP contribution in [0.25, 0.3) is 5.82 Å². The molecular formula is C13H18N4. The summed E-state index contributed by atoms with van der Waals surface area (Å²) in [5.74, 6) is 0.860. The van der Waals surface area contributed by atoms with Gasteiger partial charge in [-0.3, -0.25) is 0 Å². The van der Waals surface area contributed by atoms with Crippen LogP contribution in [-0.2, 0) is 19.4 Å². The Balaban J connectivity index is 2.58. The summed E-state index contributed by atoms with van der Waals surface area (Å²) in [6.07, 6.45) is 3.60. The quantitative estimate of drug-likeness (QED) is 0.872. The fraction of sp³-hybridized carbons (Fsp3) is 0.385. The molecular weight excluding hydrogens is 212 g/mol. The molecule has 0 amide bonds. The summed E-state index contributed by atoms with van der Waals surface area (Å²) in [6, 6.07) is 5.84. The van der Waals surface area contributed by atoms with E-state index in [-0.39, 0.29) is 0 Å². The molecule has 4 heteroatoms. The van der Waals surface area contributed by atoms with E-state index in [0.29, 0.717) is 6.54 Å². The van der Waals surface area contributed by atoms with Gasteiger partial charge in [-0.1, -0.05) is 19.9 Å². The highest BCUT2D eigenvalue weighted by atomic mass is 15.3. The average molecular weight is 230 g/mol. The van der Waals surface area contributed by atoms with Crippen molar-refractivity contribution < 1.29 is 0 Å². The Morgan fingerprint density at radius 2 is 2.06 bits per heavy atom. The van der Waals surface area contributed by atoms with Gasteiger partial charge in [-0.2, -0.15) is 5.10 Å². The normalized spacial score (nSPS) is 10.8. The summed E-state index contributed by atoms with van der Waals surface area (Å²) in [5.41, 5.74) is 9.24. The van der Waals surface area contributed by atoms with Crippen molar-refractivity contribution in [3.8, 4) is 5.82 Å². The molecule has 4 nitrogen and oxygen atoms in total. The van der Waals surface area contributed by atoms with E-state index >= 15 is 0 Å². The lowest BCUT2D eigenvalue weighted by atomic mass is 10.1. The van der Waals surface area contributed by atoms with Crippen molar-refractivity contribution in [3.05, 3.63) is 41.3 Å². The zero-order valence-corrected chi connectivity index (χ0v) is 10.3. The topological polar surface area (TPSA) is 56.7 Å². The molecule has 2 aromatic rings. The molecule has 0 aromatic carbocycles. The zero-order chi connectivity index (χ0) is 12.3. The van der Waals surface area contributed by atoms with E-state index < -0.39 is 0 Å². The van der Waals surface area contributed by atoms with Crippen molar-refractivity contribution in [2.24, 2.45) is 5.73 Å². The van der Waals surface area contributed by atoms with Crippen LogP contribution >= 0.6 is 0 Å². The van der Waals surface area contributed by atoms with Crippen molar-refractivity contribution in [3.63, 3.8) is 0 Å². The summed E-state index contributed by atoms with van der Waals surface area (Å²) in [5, 5.41) is 4.61. The fourth-order valence-corrected chi connectivity index (χ4v) is 2.09. The lowest BCUT2D eigenvalue weighted by Gasteiger charge is -2.05. The van der Waals surface area contributed by atoms with Gasteiger partial charge < -0.3 is 5.73 Å². The third-order valence-electron chi connectivity index (χ3n) is 2.91. The van der Waals surface area contributed by atoms with Crippen LogP contribution in [-0.4, -0.2) is 14.8 Å². The van der Waals surface area contributed by atoms with Gasteiger partial charge in [0.2, 0.25) is 0 Å². The van der Waals surface area contributed by atoms with Gasteiger partial charge >= 0.3 is 0 Å². The number of aromatic nitrogens is 3. The van der Waals surface area contributed by atoms with Gasteiger partial charge in [-0.05, 0) is 25.0 Å². The molecule has 2 heterocycles. The number of hydrogen-bond acceptors (Lipinski definition) is 3. The molecule has 17 heavy (non-hydrogen) atoms. The second-order valence-corrected chi connectivity index (χ2v) is 3.88. The van der Waals surface area contributed by atoms with E-state index in [9.17, 15) is 0 Å².